The zero-order valence-electron chi connectivity index (χ0n) is 15.9. The quantitative estimate of drug-likeness (QED) is 0.667. The van der Waals surface area contributed by atoms with Gasteiger partial charge in [-0.3, -0.25) is 4.98 Å². The fraction of sp³-hybridized carbons (Fsp3) is 0.350. The Balaban J connectivity index is 1.74. The largest absolute Gasteiger partial charge is 0.507 e. The number of phenolic OH excluding ortho intramolecular Hbond substituents is 1. The molecule has 152 valence electrons. The van der Waals surface area contributed by atoms with Crippen LogP contribution < -0.4 is 10.1 Å². The normalized spacial score (nSPS) is 18.3. The van der Waals surface area contributed by atoms with Gasteiger partial charge >= 0.3 is 6.61 Å². The fourth-order valence-corrected chi connectivity index (χ4v) is 3.51. The molecule has 3 heterocycles. The van der Waals surface area contributed by atoms with Crippen molar-refractivity contribution in [3.63, 3.8) is 0 Å². The number of nitrogens with zero attached hydrogens (tertiary/aromatic N) is 3. The highest BCUT2D eigenvalue weighted by Gasteiger charge is 2.32. The van der Waals surface area contributed by atoms with Crippen LogP contribution in [0.4, 0.5) is 14.6 Å². The number of phenols is 1. The van der Waals surface area contributed by atoms with Crippen LogP contribution in [0.3, 0.4) is 0 Å². The van der Waals surface area contributed by atoms with Gasteiger partial charge < -0.3 is 19.9 Å². The number of hydrogen-bond acceptors (Lipinski definition) is 7. The van der Waals surface area contributed by atoms with E-state index in [1.165, 1.54) is 18.2 Å². The Kier molecular flexibility index (Phi) is 4.91. The summed E-state index contributed by atoms with van der Waals surface area (Å²) in [5.41, 5.74) is 0.368. The van der Waals surface area contributed by atoms with Crippen LogP contribution in [-0.2, 0) is 4.74 Å². The number of aromatic hydroxyl groups is 1. The molecule has 9 heteroatoms. The van der Waals surface area contributed by atoms with E-state index >= 15 is 0 Å². The maximum Gasteiger partial charge on any atom is 0.387 e. The van der Waals surface area contributed by atoms with Crippen molar-refractivity contribution in [3.05, 3.63) is 36.7 Å². The van der Waals surface area contributed by atoms with Crippen LogP contribution in [0.2, 0.25) is 0 Å². The van der Waals surface area contributed by atoms with E-state index in [9.17, 15) is 13.9 Å². The van der Waals surface area contributed by atoms with Crippen molar-refractivity contribution >= 4 is 16.6 Å². The summed E-state index contributed by atoms with van der Waals surface area (Å²) in [5, 5.41) is 23.5. The van der Waals surface area contributed by atoms with Gasteiger partial charge in [-0.05, 0) is 44.5 Å². The SMILES string of the molecule is CC1(C)CC(Nc2nnc(-c3cc(OC(F)F)ccc3O)c3ccncc23)CO1. The van der Waals surface area contributed by atoms with E-state index in [4.69, 9.17) is 4.74 Å². The molecule has 0 spiro atoms. The molecule has 0 amide bonds. The molecule has 1 aromatic carbocycles. The Morgan fingerprint density at radius 1 is 1.24 bits per heavy atom. The second kappa shape index (κ2) is 7.40. The lowest BCUT2D eigenvalue weighted by atomic mass is 10.0. The number of benzene rings is 1. The van der Waals surface area contributed by atoms with Gasteiger partial charge in [0.05, 0.1) is 18.2 Å². The minimum absolute atomic E-state index is 0.0738. The number of ether oxygens (including phenoxy) is 2. The molecule has 1 atom stereocenters. The summed E-state index contributed by atoms with van der Waals surface area (Å²) in [6.45, 7) is 1.64. The number of pyridine rings is 1. The molecule has 3 aromatic rings. The molecule has 2 aromatic heterocycles. The van der Waals surface area contributed by atoms with Crippen LogP contribution in [0.15, 0.2) is 36.7 Å². The van der Waals surface area contributed by atoms with Crippen LogP contribution in [0.1, 0.15) is 20.3 Å². The fourth-order valence-electron chi connectivity index (χ4n) is 3.51. The molecule has 4 rings (SSSR count). The van der Waals surface area contributed by atoms with Gasteiger partial charge in [-0.15, -0.1) is 10.2 Å². The topological polar surface area (TPSA) is 89.4 Å². The van der Waals surface area contributed by atoms with Crippen molar-refractivity contribution in [3.8, 4) is 22.8 Å². The molecule has 0 aliphatic carbocycles. The number of halogens is 2. The van der Waals surface area contributed by atoms with Crippen LogP contribution in [0.5, 0.6) is 11.5 Å². The minimum Gasteiger partial charge on any atom is -0.507 e. The van der Waals surface area contributed by atoms with E-state index < -0.39 is 6.61 Å². The van der Waals surface area contributed by atoms with Crippen molar-refractivity contribution in [2.24, 2.45) is 0 Å². The first-order chi connectivity index (χ1) is 13.8. The lowest BCUT2D eigenvalue weighted by Gasteiger charge is -2.17. The van der Waals surface area contributed by atoms with Crippen LogP contribution in [-0.4, -0.2) is 45.1 Å². The summed E-state index contributed by atoms with van der Waals surface area (Å²) in [7, 11) is 0. The third kappa shape index (κ3) is 4.04. The lowest BCUT2D eigenvalue weighted by Crippen LogP contribution is -2.23. The number of rotatable bonds is 5. The summed E-state index contributed by atoms with van der Waals surface area (Å²) < 4.78 is 35.3. The number of fused-ring (bicyclic) bond motifs is 1. The number of nitrogens with one attached hydrogen (secondary N) is 1. The third-order valence-electron chi connectivity index (χ3n) is 4.78. The summed E-state index contributed by atoms with van der Waals surface area (Å²) in [6, 6.07) is 5.67. The molecule has 1 aliphatic heterocycles. The Morgan fingerprint density at radius 3 is 2.79 bits per heavy atom. The highest BCUT2D eigenvalue weighted by Crippen LogP contribution is 2.37. The van der Waals surface area contributed by atoms with Crippen molar-refractivity contribution in [1.82, 2.24) is 15.2 Å². The van der Waals surface area contributed by atoms with Gasteiger partial charge in [-0.25, -0.2) is 0 Å². The van der Waals surface area contributed by atoms with Gasteiger partial charge in [0.1, 0.15) is 17.2 Å². The molecule has 1 fully saturated rings. The zero-order chi connectivity index (χ0) is 20.6. The summed E-state index contributed by atoms with van der Waals surface area (Å²) in [5.74, 6) is 0.345. The smallest absolute Gasteiger partial charge is 0.387 e. The molecule has 1 saturated heterocycles. The van der Waals surface area contributed by atoms with Gasteiger partial charge in [0.25, 0.3) is 0 Å². The first-order valence-electron chi connectivity index (χ1n) is 9.11. The average molecular weight is 402 g/mol. The second-order valence-corrected chi connectivity index (χ2v) is 7.49. The molecule has 7 nitrogen and oxygen atoms in total. The number of aromatic nitrogens is 3. The zero-order valence-corrected chi connectivity index (χ0v) is 15.9. The highest BCUT2D eigenvalue weighted by molar-refractivity contribution is 6.00. The third-order valence-corrected chi connectivity index (χ3v) is 4.78. The van der Waals surface area contributed by atoms with Crippen molar-refractivity contribution in [2.45, 2.75) is 38.5 Å². The molecule has 0 saturated carbocycles. The van der Waals surface area contributed by atoms with Gasteiger partial charge in [-0.2, -0.15) is 8.78 Å². The first kappa shape index (κ1) is 19.3. The van der Waals surface area contributed by atoms with Crippen LogP contribution in [0.25, 0.3) is 22.0 Å². The molecule has 2 N–H and O–H groups in total. The Hall–Kier alpha value is -3.07. The van der Waals surface area contributed by atoms with E-state index in [1.807, 2.05) is 13.8 Å². The standard InChI is InChI=1S/C20H20F2N4O3/c1-20(2)8-11(10-28-20)24-18-15-9-23-6-5-13(15)17(25-26-18)14-7-12(29-19(21)22)3-4-16(14)27/h3-7,9,11,19,27H,8,10H2,1-2H3,(H,24,26). The summed E-state index contributed by atoms with van der Waals surface area (Å²) >= 11 is 0. The number of anilines is 1. The second-order valence-electron chi connectivity index (χ2n) is 7.49. The van der Waals surface area contributed by atoms with Gasteiger partial charge in [0.2, 0.25) is 0 Å². The van der Waals surface area contributed by atoms with Gasteiger partial charge in [0, 0.05) is 28.7 Å². The minimum atomic E-state index is -2.97. The van der Waals surface area contributed by atoms with E-state index in [-0.39, 0.29) is 28.7 Å². The highest BCUT2D eigenvalue weighted by atomic mass is 19.3. The van der Waals surface area contributed by atoms with Gasteiger partial charge in [-0.1, -0.05) is 0 Å². The Labute approximate surface area is 165 Å². The molecular formula is C20H20F2N4O3. The van der Waals surface area contributed by atoms with Crippen LogP contribution in [0, 0.1) is 0 Å². The number of hydrogen-bond donors (Lipinski definition) is 2. The summed E-state index contributed by atoms with van der Waals surface area (Å²) in [4.78, 5) is 4.17. The van der Waals surface area contributed by atoms with E-state index in [0.29, 0.717) is 28.9 Å². The molecule has 1 unspecified atom stereocenters. The van der Waals surface area contributed by atoms with Gasteiger partial charge in [0.15, 0.2) is 5.82 Å². The molecule has 0 radical (unpaired) electrons. The van der Waals surface area contributed by atoms with Crippen molar-refractivity contribution in [1.29, 1.82) is 0 Å². The average Bonchev–Trinajstić information content (AvgIpc) is 3.02. The first-order valence-corrected chi connectivity index (χ1v) is 9.11. The Morgan fingerprint density at radius 2 is 2.07 bits per heavy atom. The molecule has 0 bridgehead atoms. The summed E-state index contributed by atoms with van der Waals surface area (Å²) in [6.07, 6.45) is 4.05. The van der Waals surface area contributed by atoms with Crippen molar-refractivity contribution in [2.75, 3.05) is 11.9 Å². The van der Waals surface area contributed by atoms with Crippen LogP contribution >= 0.6 is 0 Å². The molecule has 1 aliphatic rings. The lowest BCUT2D eigenvalue weighted by molar-refractivity contribution is -0.0498. The predicted octanol–water partition coefficient (Wildman–Crippen LogP) is 3.98. The van der Waals surface area contributed by atoms with E-state index in [2.05, 4.69) is 25.2 Å². The van der Waals surface area contributed by atoms with E-state index in [0.717, 1.165) is 6.42 Å². The molecule has 29 heavy (non-hydrogen) atoms. The molecular weight excluding hydrogens is 382 g/mol. The Bertz CT molecular complexity index is 1050. The monoisotopic (exact) mass is 402 g/mol. The van der Waals surface area contributed by atoms with Crippen molar-refractivity contribution < 1.29 is 23.4 Å². The number of alkyl halides is 2. The predicted molar refractivity (Wildman–Crippen MR) is 103 cm³/mol. The maximum atomic E-state index is 12.6. The maximum absolute atomic E-state index is 12.6. The van der Waals surface area contributed by atoms with E-state index in [1.54, 1.807) is 18.5 Å².